The van der Waals surface area contributed by atoms with Crippen molar-refractivity contribution in [3.63, 3.8) is 0 Å². The van der Waals surface area contributed by atoms with Crippen LogP contribution in [0.1, 0.15) is 35.8 Å². The number of thiocarbonyl (C=S) groups is 1. The summed E-state index contributed by atoms with van der Waals surface area (Å²) in [5.74, 6) is -0.379. The van der Waals surface area contributed by atoms with E-state index in [2.05, 4.69) is 25.5 Å². The minimum Gasteiger partial charge on any atom is -0.375 e. The Hall–Kier alpha value is -3.25. The number of amides is 1. The lowest BCUT2D eigenvalue weighted by molar-refractivity contribution is -0.137. The highest BCUT2D eigenvalue weighted by atomic mass is 32.1. The molecular weight excluding hydrogens is 485 g/mol. The predicted molar refractivity (Wildman–Crippen MR) is 134 cm³/mol. The average Bonchev–Trinajstić information content (AvgIpc) is 3.33. The molecule has 0 fully saturated rings. The summed E-state index contributed by atoms with van der Waals surface area (Å²) in [5, 5.41) is 13.8. The molecule has 1 amide bonds. The van der Waals surface area contributed by atoms with Crippen molar-refractivity contribution >= 4 is 57.5 Å². The van der Waals surface area contributed by atoms with Gasteiger partial charge in [-0.3, -0.25) is 4.79 Å². The quantitative estimate of drug-likeness (QED) is 0.329. The second-order valence-corrected chi connectivity index (χ2v) is 8.46. The molecule has 0 saturated heterocycles. The molecule has 0 aliphatic heterocycles. The molecular formula is C22H23F3N6OS2. The van der Waals surface area contributed by atoms with Crippen molar-refractivity contribution in [2.45, 2.75) is 25.9 Å². The molecule has 0 aliphatic rings. The minimum atomic E-state index is -4.48. The molecule has 12 heteroatoms. The molecule has 0 unspecified atom stereocenters. The highest BCUT2D eigenvalue weighted by molar-refractivity contribution is 7.80. The number of alkyl halides is 3. The lowest BCUT2D eigenvalue weighted by atomic mass is 10.1. The van der Waals surface area contributed by atoms with Gasteiger partial charge in [0.2, 0.25) is 0 Å². The van der Waals surface area contributed by atoms with Crippen molar-refractivity contribution in [1.29, 1.82) is 0 Å². The zero-order chi connectivity index (χ0) is 24.7. The van der Waals surface area contributed by atoms with E-state index in [1.165, 1.54) is 5.38 Å². The Labute approximate surface area is 204 Å². The summed E-state index contributed by atoms with van der Waals surface area (Å²) in [7, 11) is 1.76. The summed E-state index contributed by atoms with van der Waals surface area (Å²) in [5.41, 5.74) is 1.28. The number of nitrogens with zero attached hydrogens (tertiary/aromatic N) is 3. The van der Waals surface area contributed by atoms with Crippen molar-refractivity contribution in [1.82, 2.24) is 9.59 Å². The zero-order valence-corrected chi connectivity index (χ0v) is 20.1. The molecule has 3 rings (SSSR count). The summed E-state index contributed by atoms with van der Waals surface area (Å²) in [6.07, 6.45) is -2.68. The van der Waals surface area contributed by atoms with Gasteiger partial charge in [0, 0.05) is 41.7 Å². The first kappa shape index (κ1) is 25.4. The number of benzene rings is 2. The number of anilines is 4. The van der Waals surface area contributed by atoms with Gasteiger partial charge >= 0.3 is 6.18 Å². The van der Waals surface area contributed by atoms with Crippen molar-refractivity contribution in [2.75, 3.05) is 34.4 Å². The molecule has 0 aliphatic carbocycles. The maximum absolute atomic E-state index is 13.4. The first-order valence-corrected chi connectivity index (χ1v) is 11.6. The second-order valence-electron chi connectivity index (χ2n) is 7.44. The van der Waals surface area contributed by atoms with Crippen LogP contribution in [0.25, 0.3) is 0 Å². The third-order valence-corrected chi connectivity index (χ3v) is 5.49. The largest absolute Gasteiger partial charge is 0.416 e. The molecule has 3 aromatic rings. The van der Waals surface area contributed by atoms with Crippen LogP contribution in [0.2, 0.25) is 0 Å². The maximum Gasteiger partial charge on any atom is 0.416 e. The van der Waals surface area contributed by atoms with Crippen LogP contribution in [0.3, 0.4) is 0 Å². The van der Waals surface area contributed by atoms with Crippen molar-refractivity contribution in [3.8, 4) is 0 Å². The molecule has 7 nitrogen and oxygen atoms in total. The Bertz CT molecular complexity index is 1120. The van der Waals surface area contributed by atoms with Crippen LogP contribution in [-0.4, -0.2) is 34.2 Å². The summed E-state index contributed by atoms with van der Waals surface area (Å²) in [4.78, 5) is 13.8. The van der Waals surface area contributed by atoms with Gasteiger partial charge in [-0.05, 0) is 72.6 Å². The fourth-order valence-electron chi connectivity index (χ4n) is 2.98. The summed E-state index contributed by atoms with van der Waals surface area (Å²) < 4.78 is 43.9. The molecule has 1 aromatic heterocycles. The summed E-state index contributed by atoms with van der Waals surface area (Å²) in [6, 6.07) is 10.5. The summed E-state index contributed by atoms with van der Waals surface area (Å²) >= 11 is 6.37. The molecule has 2 aromatic carbocycles. The number of rotatable bonds is 8. The van der Waals surface area contributed by atoms with Gasteiger partial charge in [-0.15, -0.1) is 5.10 Å². The van der Waals surface area contributed by atoms with E-state index in [4.69, 9.17) is 12.2 Å². The Morgan fingerprint density at radius 1 is 1.06 bits per heavy atom. The Morgan fingerprint density at radius 3 is 2.29 bits per heavy atom. The number of unbranched alkanes of at least 4 members (excludes halogenated alkanes) is 1. The average molecular weight is 509 g/mol. The predicted octanol–water partition coefficient (Wildman–Crippen LogP) is 5.85. The first-order valence-electron chi connectivity index (χ1n) is 10.4. The highest BCUT2D eigenvalue weighted by Gasteiger charge is 2.31. The number of aromatic nitrogens is 2. The highest BCUT2D eigenvalue weighted by Crippen LogP contribution is 2.34. The van der Waals surface area contributed by atoms with Crippen LogP contribution in [0.5, 0.6) is 0 Å². The van der Waals surface area contributed by atoms with E-state index in [-0.39, 0.29) is 22.4 Å². The third kappa shape index (κ3) is 7.12. The lowest BCUT2D eigenvalue weighted by Gasteiger charge is -2.22. The van der Waals surface area contributed by atoms with E-state index < -0.39 is 11.7 Å². The van der Waals surface area contributed by atoms with Crippen LogP contribution >= 0.6 is 23.8 Å². The van der Waals surface area contributed by atoms with Crippen LogP contribution in [0, 0.1) is 0 Å². The van der Waals surface area contributed by atoms with E-state index in [1.807, 2.05) is 6.92 Å². The Morgan fingerprint density at radius 2 is 1.71 bits per heavy atom. The lowest BCUT2D eigenvalue weighted by Crippen LogP contribution is -2.22. The molecule has 0 saturated carbocycles. The van der Waals surface area contributed by atoms with Crippen LogP contribution in [-0.2, 0) is 6.18 Å². The number of carbonyl (C=O) groups excluding carboxylic acids is 1. The monoisotopic (exact) mass is 508 g/mol. The van der Waals surface area contributed by atoms with Gasteiger partial charge in [0.25, 0.3) is 5.91 Å². The SMILES string of the molecule is CCCCN(C)c1cc(NC(=S)Nc2ccc(NC(=O)c3csnn3)cc2)cc(C(F)(F)F)c1. The molecule has 0 atom stereocenters. The molecule has 34 heavy (non-hydrogen) atoms. The Kier molecular flexibility index (Phi) is 8.40. The fraction of sp³-hybridized carbons (Fsp3) is 0.273. The van der Waals surface area contributed by atoms with Crippen LogP contribution < -0.4 is 20.9 Å². The van der Waals surface area contributed by atoms with Gasteiger partial charge in [0.1, 0.15) is 0 Å². The van der Waals surface area contributed by atoms with E-state index in [0.29, 0.717) is 23.6 Å². The van der Waals surface area contributed by atoms with Crippen LogP contribution in [0.4, 0.5) is 35.9 Å². The smallest absolute Gasteiger partial charge is 0.375 e. The minimum absolute atomic E-state index is 0.131. The molecule has 3 N–H and O–H groups in total. The number of carbonyl (C=O) groups is 1. The van der Waals surface area contributed by atoms with Gasteiger partial charge in [-0.1, -0.05) is 17.8 Å². The van der Waals surface area contributed by atoms with Gasteiger partial charge < -0.3 is 20.9 Å². The van der Waals surface area contributed by atoms with E-state index in [9.17, 15) is 18.0 Å². The van der Waals surface area contributed by atoms with Crippen molar-refractivity contribution in [3.05, 3.63) is 59.1 Å². The van der Waals surface area contributed by atoms with Crippen LogP contribution in [0.15, 0.2) is 47.8 Å². The number of nitrogens with one attached hydrogen (secondary N) is 3. The summed E-state index contributed by atoms with van der Waals surface area (Å²) in [6.45, 7) is 2.66. The van der Waals surface area contributed by atoms with E-state index >= 15 is 0 Å². The molecule has 0 bridgehead atoms. The number of halogens is 3. The van der Waals surface area contributed by atoms with Crippen molar-refractivity contribution < 1.29 is 18.0 Å². The first-order chi connectivity index (χ1) is 16.2. The second kappa shape index (κ2) is 11.3. The van der Waals surface area contributed by atoms with Gasteiger partial charge in [-0.2, -0.15) is 13.2 Å². The Balaban J connectivity index is 1.67. The van der Waals surface area contributed by atoms with Gasteiger partial charge in [0.05, 0.1) is 5.56 Å². The van der Waals surface area contributed by atoms with E-state index in [1.54, 1.807) is 42.3 Å². The molecule has 0 radical (unpaired) electrons. The van der Waals surface area contributed by atoms with E-state index in [0.717, 1.165) is 36.5 Å². The van der Waals surface area contributed by atoms with Crippen molar-refractivity contribution in [2.24, 2.45) is 0 Å². The molecule has 1 heterocycles. The maximum atomic E-state index is 13.4. The molecule has 180 valence electrons. The number of hydrogen-bond donors (Lipinski definition) is 3. The topological polar surface area (TPSA) is 82.2 Å². The number of hydrogen-bond acceptors (Lipinski definition) is 6. The van der Waals surface area contributed by atoms with Gasteiger partial charge in [-0.25, -0.2) is 0 Å². The fourth-order valence-corrected chi connectivity index (χ4v) is 3.65. The molecule has 0 spiro atoms. The van der Waals surface area contributed by atoms with Gasteiger partial charge in [0.15, 0.2) is 10.8 Å². The normalized spacial score (nSPS) is 11.1. The zero-order valence-electron chi connectivity index (χ0n) is 18.4. The standard InChI is InChI=1S/C22H23F3N6OS2/c1-3-4-9-31(2)18-11-14(22(23,24)25)10-17(12-18)28-21(33)27-16-7-5-15(6-8-16)26-20(32)19-13-34-30-29-19/h5-8,10-13H,3-4,9H2,1-2H3,(H,26,32)(H2,27,28,33). The third-order valence-electron chi connectivity index (χ3n) is 4.78.